The molecule has 2 rings (SSSR count). The molecule has 2 aromatic carbocycles. The summed E-state index contributed by atoms with van der Waals surface area (Å²) in [5.41, 5.74) is -1.50. The first-order valence-corrected chi connectivity index (χ1v) is 6.47. The molecule has 0 unspecified atom stereocenters. The molecule has 0 nitrogen and oxygen atoms in total. The smallest absolute Gasteiger partial charge is 0.166 e. The molecule has 0 aromatic heterocycles. The molecule has 7 heteroatoms. The molecule has 22 heavy (non-hydrogen) atoms. The van der Waals surface area contributed by atoms with Crippen molar-refractivity contribution in [1.82, 2.24) is 0 Å². The summed E-state index contributed by atoms with van der Waals surface area (Å²) in [7, 11) is 0. The van der Waals surface area contributed by atoms with Gasteiger partial charge in [-0.25, -0.2) is 0 Å². The summed E-state index contributed by atoms with van der Waals surface area (Å²) in [6.45, 7) is 0. The van der Waals surface area contributed by atoms with Gasteiger partial charge in [0.1, 0.15) is 0 Å². The average molecular weight is 339 g/mol. The number of hydrogen-bond donors (Lipinski definition) is 0. The highest BCUT2D eigenvalue weighted by atomic mass is 35.5. The van der Waals surface area contributed by atoms with E-state index in [-0.39, 0.29) is 17.5 Å². The minimum Gasteiger partial charge on any atom is -0.166 e. The zero-order valence-corrected chi connectivity index (χ0v) is 11.7. The first kappa shape index (κ1) is 16.7. The molecule has 0 N–H and O–H groups in total. The van der Waals surface area contributed by atoms with Crippen LogP contribution in [-0.4, -0.2) is 0 Å². The molecule has 0 bridgehead atoms. The third-order valence-electron chi connectivity index (χ3n) is 3.03. The molecule has 0 atom stereocenters. The van der Waals surface area contributed by atoms with Crippen molar-refractivity contribution < 1.29 is 26.3 Å². The molecule has 0 aliphatic heterocycles. The van der Waals surface area contributed by atoms with Gasteiger partial charge in [0.05, 0.1) is 16.1 Å². The lowest BCUT2D eigenvalue weighted by Gasteiger charge is -2.13. The number of benzene rings is 2. The number of halogens is 7. The lowest BCUT2D eigenvalue weighted by Crippen LogP contribution is -2.08. The Morgan fingerprint density at radius 3 is 2.05 bits per heavy atom. The Balaban J connectivity index is 2.36. The van der Waals surface area contributed by atoms with Gasteiger partial charge in [0.15, 0.2) is 0 Å². The largest absolute Gasteiger partial charge is 0.417 e. The van der Waals surface area contributed by atoms with Crippen molar-refractivity contribution in [3.05, 3.63) is 69.7 Å². The van der Waals surface area contributed by atoms with E-state index in [4.69, 9.17) is 11.6 Å². The van der Waals surface area contributed by atoms with Crippen molar-refractivity contribution >= 4 is 11.6 Å². The zero-order chi connectivity index (χ0) is 16.5. The van der Waals surface area contributed by atoms with Crippen molar-refractivity contribution in [3.63, 3.8) is 0 Å². The standard InChI is InChI=1S/C15H9ClF6/c16-13-10(4-2-6-12(13)15(20,21)22)7-9-3-1-5-11(8-9)14(17,18)19/h1-6,8H,7H2. The van der Waals surface area contributed by atoms with Crippen molar-refractivity contribution in [2.24, 2.45) is 0 Å². The number of alkyl halides is 6. The normalized spacial score (nSPS) is 12.5. The maximum atomic E-state index is 12.8. The van der Waals surface area contributed by atoms with Crippen LogP contribution in [0.4, 0.5) is 26.3 Å². The summed E-state index contributed by atoms with van der Waals surface area (Å²) in [6, 6.07) is 7.78. The SMILES string of the molecule is FC(F)(F)c1cccc(Cc2cccc(C(F)(F)F)c2Cl)c1. The summed E-state index contributed by atoms with van der Waals surface area (Å²) in [5, 5.41) is -0.493. The molecule has 0 saturated heterocycles. The molecule has 2 aromatic rings. The highest BCUT2D eigenvalue weighted by Gasteiger charge is 2.34. The van der Waals surface area contributed by atoms with Gasteiger partial charge in [-0.15, -0.1) is 0 Å². The Morgan fingerprint density at radius 1 is 0.818 bits per heavy atom. The van der Waals surface area contributed by atoms with E-state index in [0.717, 1.165) is 18.2 Å². The Labute approximate surface area is 127 Å². The van der Waals surface area contributed by atoms with Crippen LogP contribution in [0.2, 0.25) is 5.02 Å². The molecular weight excluding hydrogens is 330 g/mol. The van der Waals surface area contributed by atoms with Gasteiger partial charge in [-0.2, -0.15) is 26.3 Å². The molecule has 0 saturated carbocycles. The van der Waals surface area contributed by atoms with Gasteiger partial charge in [-0.3, -0.25) is 0 Å². The Morgan fingerprint density at radius 2 is 1.45 bits per heavy atom. The van der Waals surface area contributed by atoms with E-state index in [9.17, 15) is 26.3 Å². The Kier molecular flexibility index (Phi) is 4.42. The van der Waals surface area contributed by atoms with Crippen LogP contribution in [0.15, 0.2) is 42.5 Å². The first-order chi connectivity index (χ1) is 10.1. The Hall–Kier alpha value is -1.69. The van der Waals surface area contributed by atoms with E-state index in [2.05, 4.69) is 0 Å². The molecule has 0 aliphatic rings. The summed E-state index contributed by atoms with van der Waals surface area (Å²) >= 11 is 5.73. The van der Waals surface area contributed by atoms with E-state index in [0.29, 0.717) is 0 Å². The minimum absolute atomic E-state index is 0.118. The topological polar surface area (TPSA) is 0 Å². The van der Waals surface area contributed by atoms with Gasteiger partial charge >= 0.3 is 12.4 Å². The van der Waals surface area contributed by atoms with Crippen molar-refractivity contribution in [1.29, 1.82) is 0 Å². The van der Waals surface area contributed by atoms with E-state index < -0.39 is 28.5 Å². The average Bonchev–Trinajstić information content (AvgIpc) is 2.39. The van der Waals surface area contributed by atoms with E-state index in [1.165, 1.54) is 24.3 Å². The fourth-order valence-corrected chi connectivity index (χ4v) is 2.31. The minimum atomic E-state index is -4.61. The number of hydrogen-bond acceptors (Lipinski definition) is 0. The summed E-state index contributed by atoms with van der Waals surface area (Å²) in [6.07, 6.45) is -9.23. The lowest BCUT2D eigenvalue weighted by atomic mass is 10.0. The zero-order valence-electron chi connectivity index (χ0n) is 10.9. The molecule has 0 fully saturated rings. The molecule has 0 heterocycles. The molecular formula is C15H9ClF6. The quantitative estimate of drug-likeness (QED) is 0.592. The van der Waals surface area contributed by atoms with E-state index in [1.807, 2.05) is 0 Å². The first-order valence-electron chi connectivity index (χ1n) is 6.10. The van der Waals surface area contributed by atoms with Crippen LogP contribution >= 0.6 is 11.6 Å². The fraction of sp³-hybridized carbons (Fsp3) is 0.200. The van der Waals surface area contributed by atoms with E-state index in [1.54, 1.807) is 0 Å². The third-order valence-corrected chi connectivity index (χ3v) is 3.48. The van der Waals surface area contributed by atoms with Gasteiger partial charge in [-0.05, 0) is 29.7 Å². The summed E-state index contributed by atoms with van der Waals surface area (Å²) in [5.74, 6) is 0. The predicted octanol–water partition coefficient (Wildman–Crippen LogP) is 5.97. The van der Waals surface area contributed by atoms with Crippen molar-refractivity contribution in [2.75, 3.05) is 0 Å². The molecule has 0 aliphatic carbocycles. The van der Waals surface area contributed by atoms with Crippen molar-refractivity contribution in [2.45, 2.75) is 18.8 Å². The Bertz CT molecular complexity index is 672. The number of rotatable bonds is 2. The van der Waals surface area contributed by atoms with Crippen LogP contribution in [-0.2, 0) is 18.8 Å². The predicted molar refractivity (Wildman–Crippen MR) is 70.7 cm³/mol. The van der Waals surface area contributed by atoms with Gasteiger partial charge in [0, 0.05) is 0 Å². The van der Waals surface area contributed by atoms with Gasteiger partial charge in [0.2, 0.25) is 0 Å². The van der Waals surface area contributed by atoms with Crippen LogP contribution < -0.4 is 0 Å². The van der Waals surface area contributed by atoms with Crippen LogP contribution in [0.25, 0.3) is 0 Å². The fourth-order valence-electron chi connectivity index (χ4n) is 2.01. The van der Waals surface area contributed by atoms with E-state index >= 15 is 0 Å². The summed E-state index contributed by atoms with van der Waals surface area (Å²) in [4.78, 5) is 0. The summed E-state index contributed by atoms with van der Waals surface area (Å²) < 4.78 is 76.2. The van der Waals surface area contributed by atoms with Crippen LogP contribution in [0.1, 0.15) is 22.3 Å². The second kappa shape index (κ2) is 5.83. The molecule has 0 spiro atoms. The monoisotopic (exact) mass is 338 g/mol. The lowest BCUT2D eigenvalue weighted by molar-refractivity contribution is -0.138. The highest BCUT2D eigenvalue weighted by Crippen LogP contribution is 2.37. The second-order valence-electron chi connectivity index (χ2n) is 4.65. The van der Waals surface area contributed by atoms with Crippen LogP contribution in [0, 0.1) is 0 Å². The maximum absolute atomic E-state index is 12.8. The molecule has 0 amide bonds. The third kappa shape index (κ3) is 3.74. The molecule has 0 radical (unpaired) electrons. The van der Waals surface area contributed by atoms with Gasteiger partial charge in [0.25, 0.3) is 0 Å². The second-order valence-corrected chi connectivity index (χ2v) is 5.03. The van der Waals surface area contributed by atoms with Crippen molar-refractivity contribution in [3.8, 4) is 0 Å². The van der Waals surface area contributed by atoms with Gasteiger partial charge < -0.3 is 0 Å². The molecule has 118 valence electrons. The van der Waals surface area contributed by atoms with Crippen LogP contribution in [0.3, 0.4) is 0 Å². The highest BCUT2D eigenvalue weighted by molar-refractivity contribution is 6.32. The van der Waals surface area contributed by atoms with Crippen LogP contribution in [0.5, 0.6) is 0 Å². The van der Waals surface area contributed by atoms with Gasteiger partial charge in [-0.1, -0.05) is 41.9 Å². The maximum Gasteiger partial charge on any atom is 0.417 e.